The Bertz CT molecular complexity index is 745. The number of fused-ring (bicyclic) bond motifs is 1. The topological polar surface area (TPSA) is 81.8 Å². The van der Waals surface area contributed by atoms with Crippen molar-refractivity contribution < 1.29 is 14.3 Å². The van der Waals surface area contributed by atoms with Gasteiger partial charge in [-0.2, -0.15) is 5.10 Å². The Labute approximate surface area is 100 Å². The van der Waals surface area contributed by atoms with Crippen LogP contribution in [0.25, 0.3) is 22.3 Å². The second-order valence-corrected chi connectivity index (χ2v) is 3.86. The van der Waals surface area contributed by atoms with Crippen LogP contribution in [-0.2, 0) is 0 Å². The normalized spacial score (nSPS) is 10.9. The minimum Gasteiger partial charge on any atom is -0.477 e. The number of aromatic nitrogens is 3. The van der Waals surface area contributed by atoms with Crippen molar-refractivity contribution in [3.05, 3.63) is 41.8 Å². The van der Waals surface area contributed by atoms with Crippen LogP contribution in [0.5, 0.6) is 0 Å². The maximum absolute atomic E-state index is 13.5. The van der Waals surface area contributed by atoms with Gasteiger partial charge in [0.25, 0.3) is 0 Å². The predicted octanol–water partition coefficient (Wildman–Crippen LogP) is 2.40. The van der Waals surface area contributed by atoms with Crippen LogP contribution < -0.4 is 0 Å². The number of hydrogen-bond acceptors (Lipinski definition) is 2. The molecule has 0 amide bonds. The number of hydrogen-bond donors (Lipinski definition) is 3. The van der Waals surface area contributed by atoms with Crippen molar-refractivity contribution >= 4 is 16.9 Å². The van der Waals surface area contributed by atoms with Crippen molar-refractivity contribution in [1.29, 1.82) is 0 Å². The molecule has 0 saturated carbocycles. The molecular weight excluding hydrogens is 237 g/mol. The van der Waals surface area contributed by atoms with Gasteiger partial charge in [-0.05, 0) is 18.2 Å². The molecule has 2 heterocycles. The van der Waals surface area contributed by atoms with Crippen LogP contribution in [0.1, 0.15) is 10.5 Å². The van der Waals surface area contributed by atoms with E-state index in [1.165, 1.54) is 12.1 Å². The number of nitrogens with one attached hydrogen (secondary N) is 2. The van der Waals surface area contributed by atoms with E-state index < -0.39 is 5.97 Å². The van der Waals surface area contributed by atoms with Crippen molar-refractivity contribution in [1.82, 2.24) is 15.2 Å². The Morgan fingerprint density at radius 1 is 1.33 bits per heavy atom. The van der Waals surface area contributed by atoms with Gasteiger partial charge in [0.05, 0.1) is 5.69 Å². The number of carboxylic acid groups (broad SMARTS) is 1. The van der Waals surface area contributed by atoms with Crippen LogP contribution in [-0.4, -0.2) is 26.3 Å². The molecule has 1 aromatic carbocycles. The molecule has 0 unspecified atom stereocenters. The summed E-state index contributed by atoms with van der Waals surface area (Å²) >= 11 is 0. The van der Waals surface area contributed by atoms with E-state index in [-0.39, 0.29) is 11.5 Å². The Kier molecular flexibility index (Phi) is 2.16. The minimum atomic E-state index is -1.09. The highest BCUT2D eigenvalue weighted by atomic mass is 19.1. The highest BCUT2D eigenvalue weighted by molar-refractivity contribution is 5.89. The Morgan fingerprint density at radius 2 is 2.17 bits per heavy atom. The van der Waals surface area contributed by atoms with Crippen molar-refractivity contribution in [3.8, 4) is 11.4 Å². The molecule has 5 nitrogen and oxygen atoms in total. The highest BCUT2D eigenvalue weighted by Crippen LogP contribution is 2.24. The summed E-state index contributed by atoms with van der Waals surface area (Å²) in [4.78, 5) is 13.7. The first-order valence-corrected chi connectivity index (χ1v) is 5.21. The fourth-order valence-corrected chi connectivity index (χ4v) is 1.83. The zero-order chi connectivity index (χ0) is 12.7. The molecule has 0 spiro atoms. The molecular formula is C12H8FN3O2. The molecule has 0 aliphatic carbocycles. The first-order chi connectivity index (χ1) is 8.65. The summed E-state index contributed by atoms with van der Waals surface area (Å²) in [5.74, 6) is -1.42. The third-order valence-electron chi connectivity index (χ3n) is 2.70. The molecule has 90 valence electrons. The summed E-state index contributed by atoms with van der Waals surface area (Å²) < 4.78 is 13.5. The number of rotatable bonds is 2. The van der Waals surface area contributed by atoms with Crippen LogP contribution >= 0.6 is 0 Å². The lowest BCUT2D eigenvalue weighted by Gasteiger charge is -1.88. The zero-order valence-electron chi connectivity index (χ0n) is 9.07. The largest absolute Gasteiger partial charge is 0.477 e. The van der Waals surface area contributed by atoms with E-state index in [1.54, 1.807) is 18.2 Å². The fourth-order valence-electron chi connectivity index (χ4n) is 1.83. The smallest absolute Gasteiger partial charge is 0.353 e. The molecule has 0 aliphatic heterocycles. The van der Waals surface area contributed by atoms with Crippen molar-refractivity contribution in [2.75, 3.05) is 0 Å². The molecule has 2 aromatic heterocycles. The third-order valence-corrected chi connectivity index (χ3v) is 2.70. The molecule has 0 aliphatic rings. The third kappa shape index (κ3) is 1.55. The van der Waals surface area contributed by atoms with E-state index in [2.05, 4.69) is 15.2 Å². The minimum absolute atomic E-state index is 0.0101. The monoisotopic (exact) mass is 245 g/mol. The molecule has 0 saturated heterocycles. The second-order valence-electron chi connectivity index (χ2n) is 3.86. The molecule has 6 heteroatoms. The van der Waals surface area contributed by atoms with Crippen LogP contribution in [0.15, 0.2) is 30.3 Å². The van der Waals surface area contributed by atoms with Gasteiger partial charge in [-0.1, -0.05) is 6.07 Å². The number of aromatic amines is 2. The Balaban J connectivity index is 2.13. The van der Waals surface area contributed by atoms with E-state index in [0.717, 1.165) is 0 Å². The Morgan fingerprint density at radius 3 is 2.83 bits per heavy atom. The molecule has 3 aromatic rings. The van der Waals surface area contributed by atoms with E-state index in [4.69, 9.17) is 5.11 Å². The number of nitrogens with zero attached hydrogens (tertiary/aromatic N) is 1. The van der Waals surface area contributed by atoms with Gasteiger partial charge in [0.2, 0.25) is 0 Å². The number of carboxylic acids is 1. The highest BCUT2D eigenvalue weighted by Gasteiger charge is 2.12. The number of carbonyl (C=O) groups is 1. The molecule has 0 bridgehead atoms. The predicted molar refractivity (Wildman–Crippen MR) is 62.8 cm³/mol. The molecule has 18 heavy (non-hydrogen) atoms. The summed E-state index contributed by atoms with van der Waals surface area (Å²) in [7, 11) is 0. The van der Waals surface area contributed by atoms with Crippen molar-refractivity contribution in [3.63, 3.8) is 0 Å². The van der Waals surface area contributed by atoms with Crippen molar-refractivity contribution in [2.45, 2.75) is 0 Å². The lowest BCUT2D eigenvalue weighted by Crippen LogP contribution is -1.95. The molecule has 3 rings (SSSR count). The van der Waals surface area contributed by atoms with E-state index in [1.807, 2.05) is 0 Å². The van der Waals surface area contributed by atoms with E-state index in [9.17, 15) is 9.18 Å². The van der Waals surface area contributed by atoms with Crippen LogP contribution in [0.3, 0.4) is 0 Å². The summed E-state index contributed by atoms with van der Waals surface area (Å²) in [6.07, 6.45) is 0. The van der Waals surface area contributed by atoms with E-state index >= 15 is 0 Å². The van der Waals surface area contributed by atoms with Gasteiger partial charge in [-0.15, -0.1) is 0 Å². The van der Waals surface area contributed by atoms with Crippen LogP contribution in [0.2, 0.25) is 0 Å². The van der Waals surface area contributed by atoms with Gasteiger partial charge in [-0.25, -0.2) is 9.18 Å². The van der Waals surface area contributed by atoms with Gasteiger partial charge in [0, 0.05) is 17.0 Å². The summed E-state index contributed by atoms with van der Waals surface area (Å²) in [6, 6.07) is 7.71. The first kappa shape index (κ1) is 10.5. The standard InChI is InChI=1S/C12H8FN3O2/c13-7-2-1-3-8-6(7)4-9(14-8)10-5-11(12(17)18)16-15-10/h1-5,14H,(H,15,16)(H,17,18). The summed E-state index contributed by atoms with van der Waals surface area (Å²) in [5, 5.41) is 15.5. The van der Waals surface area contributed by atoms with Crippen molar-refractivity contribution in [2.24, 2.45) is 0 Å². The molecule has 0 radical (unpaired) electrons. The number of benzene rings is 1. The SMILES string of the molecule is O=C(O)c1cc(-c2cc3c(F)cccc3[nH]2)n[nH]1. The average molecular weight is 245 g/mol. The van der Waals surface area contributed by atoms with Crippen LogP contribution in [0.4, 0.5) is 4.39 Å². The van der Waals surface area contributed by atoms with Crippen LogP contribution in [0, 0.1) is 5.82 Å². The molecule has 0 fully saturated rings. The average Bonchev–Trinajstić information content (AvgIpc) is 2.95. The lowest BCUT2D eigenvalue weighted by atomic mass is 10.2. The van der Waals surface area contributed by atoms with Gasteiger partial charge < -0.3 is 10.1 Å². The summed E-state index contributed by atoms with van der Waals surface area (Å²) in [6.45, 7) is 0. The van der Waals surface area contributed by atoms with Gasteiger partial charge >= 0.3 is 5.97 Å². The summed E-state index contributed by atoms with van der Waals surface area (Å²) in [5.41, 5.74) is 1.64. The van der Waals surface area contributed by atoms with Gasteiger partial charge in [0.1, 0.15) is 17.2 Å². The maximum Gasteiger partial charge on any atom is 0.353 e. The second kappa shape index (κ2) is 3.69. The van der Waals surface area contributed by atoms with E-state index in [0.29, 0.717) is 22.3 Å². The first-order valence-electron chi connectivity index (χ1n) is 5.21. The van der Waals surface area contributed by atoms with Gasteiger partial charge in [-0.3, -0.25) is 5.10 Å². The van der Waals surface area contributed by atoms with Gasteiger partial charge in [0.15, 0.2) is 0 Å². The number of halogens is 1. The fraction of sp³-hybridized carbons (Fsp3) is 0. The Hall–Kier alpha value is -2.63. The quantitative estimate of drug-likeness (QED) is 0.648. The zero-order valence-corrected chi connectivity index (χ0v) is 9.07. The number of aromatic carboxylic acids is 1. The number of H-pyrrole nitrogens is 2. The maximum atomic E-state index is 13.5. The lowest BCUT2D eigenvalue weighted by molar-refractivity contribution is 0.0690. The molecule has 3 N–H and O–H groups in total. The molecule has 0 atom stereocenters.